The second-order valence-corrected chi connectivity index (χ2v) is 7.39. The van der Waals surface area contributed by atoms with E-state index in [9.17, 15) is 4.79 Å². The second-order valence-electron chi connectivity index (χ2n) is 7.39. The second kappa shape index (κ2) is 13.8. The Morgan fingerprint density at radius 2 is 1.69 bits per heavy atom. The third-order valence-corrected chi connectivity index (χ3v) is 5.33. The Bertz CT molecular complexity index is 854. The maximum Gasteiger partial charge on any atom is 0.224 e. The standard InChI is InChI=1S/C24H33N5O2.HI/c1-3-25-24(27-19-20-9-7-8-12-22(20)31-2)26-14-13-23(30)29-17-15-28(16-18-29)21-10-5-4-6-11-21;/h4-12H,3,13-19H2,1-2H3,(H2,25,26,27);1H. The van der Waals surface area contributed by atoms with Gasteiger partial charge in [0, 0.05) is 56.9 Å². The van der Waals surface area contributed by atoms with Crippen molar-refractivity contribution in [2.75, 3.05) is 51.3 Å². The van der Waals surface area contributed by atoms with Gasteiger partial charge >= 0.3 is 0 Å². The molecule has 3 rings (SSSR count). The van der Waals surface area contributed by atoms with Crippen LogP contribution in [0.3, 0.4) is 0 Å². The number of amides is 1. The van der Waals surface area contributed by atoms with Gasteiger partial charge in [-0.15, -0.1) is 24.0 Å². The van der Waals surface area contributed by atoms with Gasteiger partial charge in [0.25, 0.3) is 0 Å². The normalized spacial score (nSPS) is 13.9. The first kappa shape index (κ1) is 25.8. The third kappa shape index (κ3) is 7.58. The SMILES string of the molecule is CCNC(=NCc1ccccc1OC)NCCC(=O)N1CCN(c2ccccc2)CC1.I. The van der Waals surface area contributed by atoms with Crippen molar-refractivity contribution in [1.82, 2.24) is 15.5 Å². The molecule has 1 aliphatic heterocycles. The lowest BCUT2D eigenvalue weighted by Gasteiger charge is -2.36. The summed E-state index contributed by atoms with van der Waals surface area (Å²) in [5, 5.41) is 6.51. The molecular weight excluding hydrogens is 517 g/mol. The largest absolute Gasteiger partial charge is 0.496 e. The van der Waals surface area contributed by atoms with Crippen LogP contribution < -0.4 is 20.3 Å². The van der Waals surface area contributed by atoms with Gasteiger partial charge in [0.05, 0.1) is 13.7 Å². The highest BCUT2D eigenvalue weighted by molar-refractivity contribution is 14.0. The molecule has 7 nitrogen and oxygen atoms in total. The summed E-state index contributed by atoms with van der Waals surface area (Å²) in [6.45, 7) is 7.10. The molecule has 1 aliphatic rings. The van der Waals surface area contributed by atoms with E-state index in [4.69, 9.17) is 4.74 Å². The number of para-hydroxylation sites is 2. The van der Waals surface area contributed by atoms with Crippen LogP contribution in [0.15, 0.2) is 59.6 Å². The summed E-state index contributed by atoms with van der Waals surface area (Å²) in [6, 6.07) is 18.2. The van der Waals surface area contributed by atoms with Crippen LogP contribution >= 0.6 is 24.0 Å². The summed E-state index contributed by atoms with van der Waals surface area (Å²) in [4.78, 5) is 21.5. The molecule has 2 N–H and O–H groups in total. The third-order valence-electron chi connectivity index (χ3n) is 5.33. The smallest absolute Gasteiger partial charge is 0.224 e. The van der Waals surface area contributed by atoms with Crippen LogP contribution in [0, 0.1) is 0 Å². The molecular formula is C24H34IN5O2. The van der Waals surface area contributed by atoms with Gasteiger partial charge in [-0.05, 0) is 25.1 Å². The van der Waals surface area contributed by atoms with Gasteiger partial charge in [-0.1, -0.05) is 36.4 Å². The quantitative estimate of drug-likeness (QED) is 0.300. The van der Waals surface area contributed by atoms with Gasteiger partial charge in [-0.25, -0.2) is 4.99 Å². The number of benzene rings is 2. The van der Waals surface area contributed by atoms with E-state index in [1.807, 2.05) is 42.2 Å². The summed E-state index contributed by atoms with van der Waals surface area (Å²) in [7, 11) is 1.66. The highest BCUT2D eigenvalue weighted by atomic mass is 127. The molecule has 1 fully saturated rings. The fourth-order valence-corrected chi connectivity index (χ4v) is 3.64. The number of hydrogen-bond donors (Lipinski definition) is 2. The lowest BCUT2D eigenvalue weighted by atomic mass is 10.2. The van der Waals surface area contributed by atoms with E-state index < -0.39 is 0 Å². The Morgan fingerprint density at radius 1 is 1.00 bits per heavy atom. The van der Waals surface area contributed by atoms with E-state index in [-0.39, 0.29) is 29.9 Å². The fraction of sp³-hybridized carbons (Fsp3) is 0.417. The van der Waals surface area contributed by atoms with E-state index >= 15 is 0 Å². The van der Waals surface area contributed by atoms with E-state index in [1.165, 1.54) is 5.69 Å². The van der Waals surface area contributed by atoms with E-state index in [1.54, 1.807) is 7.11 Å². The molecule has 0 spiro atoms. The minimum atomic E-state index is 0. The van der Waals surface area contributed by atoms with Crippen LogP contribution in [0.25, 0.3) is 0 Å². The first-order valence-electron chi connectivity index (χ1n) is 10.9. The monoisotopic (exact) mass is 551 g/mol. The molecule has 0 atom stereocenters. The van der Waals surface area contributed by atoms with Gasteiger partial charge in [0.1, 0.15) is 5.75 Å². The number of nitrogens with one attached hydrogen (secondary N) is 2. The average Bonchev–Trinajstić information content (AvgIpc) is 2.83. The van der Waals surface area contributed by atoms with Crippen molar-refractivity contribution in [2.24, 2.45) is 4.99 Å². The molecule has 8 heteroatoms. The fourth-order valence-electron chi connectivity index (χ4n) is 3.64. The molecule has 1 saturated heterocycles. The number of anilines is 1. The highest BCUT2D eigenvalue weighted by Gasteiger charge is 2.20. The molecule has 174 valence electrons. The van der Waals surface area contributed by atoms with E-state index in [0.717, 1.165) is 44.0 Å². The molecule has 2 aromatic carbocycles. The zero-order valence-electron chi connectivity index (χ0n) is 18.9. The molecule has 0 radical (unpaired) electrons. The van der Waals surface area contributed by atoms with E-state index in [2.05, 4.69) is 44.8 Å². The van der Waals surface area contributed by atoms with Crippen LogP contribution in [0.1, 0.15) is 18.9 Å². The number of guanidine groups is 1. The first-order chi connectivity index (χ1) is 15.2. The number of methoxy groups -OCH3 is 1. The van der Waals surface area contributed by atoms with Crippen LogP contribution in [-0.4, -0.2) is 63.1 Å². The number of aliphatic imine (C=N–C) groups is 1. The molecule has 0 aliphatic carbocycles. The van der Waals surface area contributed by atoms with Gasteiger partial charge in [0.15, 0.2) is 5.96 Å². The van der Waals surface area contributed by atoms with Gasteiger partial charge < -0.3 is 25.2 Å². The number of halogens is 1. The maximum absolute atomic E-state index is 12.6. The Morgan fingerprint density at radius 3 is 2.38 bits per heavy atom. The number of carbonyl (C=O) groups excluding carboxylic acids is 1. The summed E-state index contributed by atoms with van der Waals surface area (Å²) in [5.41, 5.74) is 2.24. The molecule has 0 aromatic heterocycles. The number of ether oxygens (including phenoxy) is 1. The zero-order chi connectivity index (χ0) is 21.9. The average molecular weight is 551 g/mol. The van der Waals surface area contributed by atoms with Crippen molar-refractivity contribution in [3.8, 4) is 5.75 Å². The van der Waals surface area contributed by atoms with Crippen molar-refractivity contribution in [3.05, 3.63) is 60.2 Å². The predicted molar refractivity (Wildman–Crippen MR) is 141 cm³/mol. The van der Waals surface area contributed by atoms with Gasteiger partial charge in [0.2, 0.25) is 5.91 Å². The van der Waals surface area contributed by atoms with Crippen LogP contribution in [-0.2, 0) is 11.3 Å². The Balaban J connectivity index is 0.00000363. The molecule has 0 bridgehead atoms. The number of carbonyl (C=O) groups is 1. The lowest BCUT2D eigenvalue weighted by Crippen LogP contribution is -2.49. The predicted octanol–water partition coefficient (Wildman–Crippen LogP) is 3.11. The molecule has 0 unspecified atom stereocenters. The molecule has 1 amide bonds. The molecule has 0 saturated carbocycles. The van der Waals surface area contributed by atoms with Crippen molar-refractivity contribution in [1.29, 1.82) is 0 Å². The van der Waals surface area contributed by atoms with Crippen molar-refractivity contribution in [3.63, 3.8) is 0 Å². The van der Waals surface area contributed by atoms with E-state index in [0.29, 0.717) is 25.5 Å². The first-order valence-corrected chi connectivity index (χ1v) is 10.9. The molecule has 2 aromatic rings. The minimum Gasteiger partial charge on any atom is -0.496 e. The number of rotatable bonds is 8. The molecule has 32 heavy (non-hydrogen) atoms. The number of piperazine rings is 1. The van der Waals surface area contributed by atoms with Crippen LogP contribution in [0.5, 0.6) is 5.75 Å². The van der Waals surface area contributed by atoms with Crippen molar-refractivity contribution < 1.29 is 9.53 Å². The highest BCUT2D eigenvalue weighted by Crippen LogP contribution is 2.18. The Kier molecular flexibility index (Phi) is 11.1. The van der Waals surface area contributed by atoms with Gasteiger partial charge in [-0.2, -0.15) is 0 Å². The topological polar surface area (TPSA) is 69.2 Å². The lowest BCUT2D eigenvalue weighted by molar-refractivity contribution is -0.131. The maximum atomic E-state index is 12.6. The Labute approximate surface area is 208 Å². The summed E-state index contributed by atoms with van der Waals surface area (Å²) in [6.07, 6.45) is 0.449. The van der Waals surface area contributed by atoms with Crippen LogP contribution in [0.2, 0.25) is 0 Å². The number of hydrogen-bond acceptors (Lipinski definition) is 4. The zero-order valence-corrected chi connectivity index (χ0v) is 21.2. The Hall–Kier alpha value is -2.49. The van der Waals surface area contributed by atoms with Gasteiger partial charge in [-0.3, -0.25) is 4.79 Å². The summed E-state index contributed by atoms with van der Waals surface area (Å²) < 4.78 is 5.39. The van der Waals surface area contributed by atoms with Crippen LogP contribution in [0.4, 0.5) is 5.69 Å². The van der Waals surface area contributed by atoms with Crippen molar-refractivity contribution >= 4 is 41.5 Å². The molecule has 1 heterocycles. The van der Waals surface area contributed by atoms with Crippen molar-refractivity contribution in [2.45, 2.75) is 19.9 Å². The summed E-state index contributed by atoms with van der Waals surface area (Å²) in [5.74, 6) is 1.71. The minimum absolute atomic E-state index is 0. The summed E-state index contributed by atoms with van der Waals surface area (Å²) >= 11 is 0. The number of nitrogens with zero attached hydrogens (tertiary/aromatic N) is 3.